The van der Waals surface area contributed by atoms with E-state index in [1.807, 2.05) is 0 Å². The second-order valence-corrected chi connectivity index (χ2v) is 10.0. The minimum absolute atomic E-state index is 0.0341. The third-order valence-corrected chi connectivity index (χ3v) is 6.81. The van der Waals surface area contributed by atoms with Crippen molar-refractivity contribution in [3.8, 4) is 0 Å². The Morgan fingerprint density at radius 3 is 2.17 bits per heavy atom. The van der Waals surface area contributed by atoms with Gasteiger partial charge in [0.25, 0.3) is 20.0 Å². The molecule has 0 aliphatic carbocycles. The van der Waals surface area contributed by atoms with Gasteiger partial charge in [-0.15, -0.1) is 0 Å². The first kappa shape index (κ1) is 20.3. The van der Waals surface area contributed by atoms with Gasteiger partial charge in [-0.25, -0.2) is 0 Å². The van der Waals surface area contributed by atoms with Gasteiger partial charge in [0.1, 0.15) is 11.3 Å². The van der Waals surface area contributed by atoms with E-state index in [0.29, 0.717) is 16.7 Å². The van der Waals surface area contributed by atoms with Crippen molar-refractivity contribution in [1.29, 1.82) is 0 Å². The van der Waals surface area contributed by atoms with Gasteiger partial charge < -0.3 is 8.83 Å². The molecule has 4 rings (SSSR count). The van der Waals surface area contributed by atoms with Crippen LogP contribution in [0, 0.1) is 6.92 Å². The topological polar surface area (TPSA) is 119 Å². The van der Waals surface area contributed by atoms with Gasteiger partial charge in [-0.2, -0.15) is 16.8 Å². The maximum atomic E-state index is 12.8. The summed E-state index contributed by atoms with van der Waals surface area (Å²) in [6.07, 6.45) is 0. The zero-order valence-corrected chi connectivity index (χ0v) is 17.8. The number of sulfonamides is 2. The van der Waals surface area contributed by atoms with Crippen LogP contribution in [0.2, 0.25) is 5.02 Å². The molecule has 0 unspecified atom stereocenters. The summed E-state index contributed by atoms with van der Waals surface area (Å²) in [5.74, 6) is 0.414. The second-order valence-electron chi connectivity index (χ2n) is 6.37. The SMILES string of the molecule is Cc1ccc(S(=O)(=O)Nc2ccc(Cl)cc2NS(=O)(=O)c2cc3ccccc3o2)o1. The van der Waals surface area contributed by atoms with Crippen LogP contribution in [0.15, 0.2) is 79.7 Å². The zero-order valence-electron chi connectivity index (χ0n) is 15.4. The molecule has 0 spiro atoms. The number of hydrogen-bond acceptors (Lipinski definition) is 6. The molecule has 2 aromatic carbocycles. The monoisotopic (exact) mass is 466 g/mol. The summed E-state index contributed by atoms with van der Waals surface area (Å²) in [6.45, 7) is 1.61. The van der Waals surface area contributed by atoms with Gasteiger partial charge in [0, 0.05) is 16.5 Å². The highest BCUT2D eigenvalue weighted by Crippen LogP contribution is 2.31. The second kappa shape index (κ2) is 7.38. The molecule has 4 aromatic rings. The fourth-order valence-electron chi connectivity index (χ4n) is 2.73. The molecule has 11 heteroatoms. The molecule has 0 saturated heterocycles. The summed E-state index contributed by atoms with van der Waals surface area (Å²) < 4.78 is 66.0. The number of fused-ring (bicyclic) bond motifs is 1. The average molecular weight is 467 g/mol. The van der Waals surface area contributed by atoms with E-state index in [9.17, 15) is 16.8 Å². The van der Waals surface area contributed by atoms with Crippen LogP contribution in [0.1, 0.15) is 5.76 Å². The summed E-state index contributed by atoms with van der Waals surface area (Å²) in [6, 6.07) is 15.0. The first-order chi connectivity index (χ1) is 14.1. The Morgan fingerprint density at radius 2 is 1.47 bits per heavy atom. The number of nitrogens with one attached hydrogen (secondary N) is 2. The molecule has 156 valence electrons. The molecular formula is C19H15ClN2O6S2. The summed E-state index contributed by atoms with van der Waals surface area (Å²) in [7, 11) is -8.25. The van der Waals surface area contributed by atoms with E-state index in [4.69, 9.17) is 20.4 Å². The Labute approximate surface area is 177 Å². The number of para-hydroxylation sites is 1. The molecule has 2 aromatic heterocycles. The van der Waals surface area contributed by atoms with E-state index in [-0.39, 0.29) is 26.6 Å². The summed E-state index contributed by atoms with van der Waals surface area (Å²) in [5, 5.41) is 0.187. The molecule has 0 aliphatic heterocycles. The van der Waals surface area contributed by atoms with Crippen LogP contribution in [0.25, 0.3) is 11.0 Å². The number of benzene rings is 2. The number of rotatable bonds is 6. The van der Waals surface area contributed by atoms with E-state index in [1.54, 1.807) is 31.2 Å². The van der Waals surface area contributed by atoms with Crippen LogP contribution < -0.4 is 9.44 Å². The van der Waals surface area contributed by atoms with Gasteiger partial charge in [0.05, 0.1) is 11.4 Å². The maximum Gasteiger partial charge on any atom is 0.295 e. The Kier molecular flexibility index (Phi) is 5.00. The Morgan fingerprint density at radius 1 is 0.767 bits per heavy atom. The molecule has 0 bridgehead atoms. The highest BCUT2D eigenvalue weighted by atomic mass is 35.5. The smallest absolute Gasteiger partial charge is 0.295 e. The molecule has 0 aliphatic rings. The Bertz CT molecular complexity index is 1420. The first-order valence-corrected chi connectivity index (χ1v) is 11.9. The molecular weight excluding hydrogens is 452 g/mol. The molecule has 2 N–H and O–H groups in total. The van der Waals surface area contributed by atoms with Crippen molar-refractivity contribution < 1.29 is 25.7 Å². The minimum Gasteiger partial charge on any atom is -0.448 e. The number of halogens is 1. The standard InChI is InChI=1S/C19H15ClN2O6S2/c1-12-6-9-18(27-12)29(23,24)21-15-8-7-14(20)11-16(15)22-30(25,26)19-10-13-4-2-3-5-17(13)28-19/h2-11,21-22H,1H3. The van der Waals surface area contributed by atoms with Crippen molar-refractivity contribution >= 4 is 54.0 Å². The largest absolute Gasteiger partial charge is 0.448 e. The predicted molar refractivity (Wildman–Crippen MR) is 113 cm³/mol. The van der Waals surface area contributed by atoms with Crippen LogP contribution in [-0.4, -0.2) is 16.8 Å². The van der Waals surface area contributed by atoms with Crippen LogP contribution in [-0.2, 0) is 20.0 Å². The van der Waals surface area contributed by atoms with Crippen molar-refractivity contribution in [2.75, 3.05) is 9.44 Å². The van der Waals surface area contributed by atoms with Crippen LogP contribution in [0.3, 0.4) is 0 Å². The van der Waals surface area contributed by atoms with Gasteiger partial charge >= 0.3 is 0 Å². The number of furan rings is 2. The quantitative estimate of drug-likeness (QED) is 0.429. The first-order valence-electron chi connectivity index (χ1n) is 8.54. The lowest BCUT2D eigenvalue weighted by molar-refractivity contribution is 0.430. The van der Waals surface area contributed by atoms with Crippen molar-refractivity contribution in [2.24, 2.45) is 0 Å². The van der Waals surface area contributed by atoms with Gasteiger partial charge in [-0.05, 0) is 43.3 Å². The van der Waals surface area contributed by atoms with E-state index < -0.39 is 20.0 Å². The Hall–Kier alpha value is -2.95. The molecule has 0 fully saturated rings. The van der Waals surface area contributed by atoms with E-state index in [2.05, 4.69) is 9.44 Å². The molecule has 0 atom stereocenters. The third-order valence-electron chi connectivity index (χ3n) is 4.12. The van der Waals surface area contributed by atoms with Crippen molar-refractivity contribution in [3.63, 3.8) is 0 Å². The van der Waals surface area contributed by atoms with Crippen molar-refractivity contribution in [2.45, 2.75) is 17.1 Å². The van der Waals surface area contributed by atoms with Crippen LogP contribution in [0.4, 0.5) is 11.4 Å². The fraction of sp³-hybridized carbons (Fsp3) is 0.0526. The predicted octanol–water partition coefficient (Wildman–Crippen LogP) is 4.59. The van der Waals surface area contributed by atoms with Crippen LogP contribution in [0.5, 0.6) is 0 Å². The van der Waals surface area contributed by atoms with Gasteiger partial charge in [-0.1, -0.05) is 29.8 Å². The Balaban J connectivity index is 1.69. The number of anilines is 2. The molecule has 30 heavy (non-hydrogen) atoms. The number of hydrogen-bond donors (Lipinski definition) is 2. The van der Waals surface area contributed by atoms with Gasteiger partial charge in [0.2, 0.25) is 10.2 Å². The zero-order chi connectivity index (χ0) is 21.5. The van der Waals surface area contributed by atoms with Crippen LogP contribution >= 0.6 is 11.6 Å². The summed E-state index contributed by atoms with van der Waals surface area (Å²) in [5.41, 5.74) is 0.293. The normalized spacial score (nSPS) is 12.2. The molecule has 0 radical (unpaired) electrons. The van der Waals surface area contributed by atoms with Gasteiger partial charge in [0.15, 0.2) is 0 Å². The highest BCUT2D eigenvalue weighted by Gasteiger charge is 2.24. The lowest BCUT2D eigenvalue weighted by Gasteiger charge is -2.13. The molecule has 0 saturated carbocycles. The summed E-state index contributed by atoms with van der Waals surface area (Å²) >= 11 is 5.99. The lowest BCUT2D eigenvalue weighted by Crippen LogP contribution is -2.17. The average Bonchev–Trinajstić information content (AvgIpc) is 3.30. The number of aryl methyl sites for hydroxylation is 1. The van der Waals surface area contributed by atoms with Gasteiger partial charge in [-0.3, -0.25) is 9.44 Å². The summed E-state index contributed by atoms with van der Waals surface area (Å²) in [4.78, 5) is 0. The lowest BCUT2D eigenvalue weighted by atomic mass is 10.3. The molecule has 8 nitrogen and oxygen atoms in total. The maximum absolute atomic E-state index is 12.8. The molecule has 0 amide bonds. The highest BCUT2D eigenvalue weighted by molar-refractivity contribution is 7.93. The fourth-order valence-corrected chi connectivity index (χ4v) is 5.00. The minimum atomic E-state index is -4.16. The van der Waals surface area contributed by atoms with E-state index >= 15 is 0 Å². The van der Waals surface area contributed by atoms with Crippen molar-refractivity contribution in [1.82, 2.24) is 0 Å². The van der Waals surface area contributed by atoms with E-state index in [1.165, 1.54) is 36.4 Å². The van der Waals surface area contributed by atoms with E-state index in [0.717, 1.165) is 0 Å². The van der Waals surface area contributed by atoms with Crippen molar-refractivity contribution in [3.05, 3.63) is 71.4 Å². The molecule has 2 heterocycles. The third kappa shape index (κ3) is 4.02.